The van der Waals surface area contributed by atoms with Crippen LogP contribution in [-0.2, 0) is 9.59 Å². The van der Waals surface area contributed by atoms with Crippen molar-refractivity contribution in [2.24, 2.45) is 11.8 Å². The van der Waals surface area contributed by atoms with Crippen molar-refractivity contribution in [3.05, 3.63) is 41.5 Å². The van der Waals surface area contributed by atoms with Crippen LogP contribution in [0, 0.1) is 11.8 Å². The predicted octanol–water partition coefficient (Wildman–Crippen LogP) is 3.96. The maximum Gasteiger partial charge on any atom is 0.244 e. The standard InChI is InChI=1S/C20H26N2O2/c1-13-3-4-15(11-13)12-19(23)21-14(2)16-7-9-18(10-8-16)22-20(24)17-5-6-17/h7-10,12-14,17H,3-6,11H2,1-2H3,(H,21,23)(H,22,24)/b15-12-. The summed E-state index contributed by atoms with van der Waals surface area (Å²) in [6.07, 6.45) is 7.03. The second-order valence-electron chi connectivity index (χ2n) is 7.27. The molecule has 0 radical (unpaired) electrons. The van der Waals surface area contributed by atoms with Crippen LogP contribution in [0.2, 0.25) is 0 Å². The number of hydrogen-bond donors (Lipinski definition) is 2. The van der Waals surface area contributed by atoms with E-state index in [4.69, 9.17) is 0 Å². The van der Waals surface area contributed by atoms with E-state index in [1.54, 1.807) is 6.08 Å². The van der Waals surface area contributed by atoms with E-state index < -0.39 is 0 Å². The van der Waals surface area contributed by atoms with Crippen LogP contribution < -0.4 is 10.6 Å². The first-order valence-electron chi connectivity index (χ1n) is 8.92. The van der Waals surface area contributed by atoms with Crippen molar-refractivity contribution in [3.63, 3.8) is 0 Å². The van der Waals surface area contributed by atoms with Gasteiger partial charge in [0, 0.05) is 17.7 Å². The Morgan fingerprint density at radius 3 is 2.46 bits per heavy atom. The molecule has 0 saturated heterocycles. The van der Waals surface area contributed by atoms with Crippen molar-refractivity contribution >= 4 is 17.5 Å². The first-order chi connectivity index (χ1) is 11.5. The molecular weight excluding hydrogens is 300 g/mol. The molecule has 0 spiro atoms. The van der Waals surface area contributed by atoms with Gasteiger partial charge in [0.2, 0.25) is 11.8 Å². The largest absolute Gasteiger partial charge is 0.346 e. The quantitative estimate of drug-likeness (QED) is 0.805. The van der Waals surface area contributed by atoms with Crippen molar-refractivity contribution in [2.45, 2.75) is 52.0 Å². The summed E-state index contributed by atoms with van der Waals surface area (Å²) in [5.74, 6) is 0.994. The average Bonchev–Trinajstić information content (AvgIpc) is 3.32. The highest BCUT2D eigenvalue weighted by atomic mass is 16.2. The number of hydrogen-bond acceptors (Lipinski definition) is 2. The van der Waals surface area contributed by atoms with Gasteiger partial charge in [0.1, 0.15) is 0 Å². The van der Waals surface area contributed by atoms with Crippen molar-refractivity contribution < 1.29 is 9.59 Å². The average molecular weight is 326 g/mol. The van der Waals surface area contributed by atoms with Crippen molar-refractivity contribution in [1.82, 2.24) is 5.32 Å². The highest BCUT2D eigenvalue weighted by molar-refractivity contribution is 5.94. The van der Waals surface area contributed by atoms with Crippen LogP contribution in [-0.4, -0.2) is 11.8 Å². The lowest BCUT2D eigenvalue weighted by atomic mass is 10.1. The van der Waals surface area contributed by atoms with Gasteiger partial charge in [-0.1, -0.05) is 24.6 Å². The third-order valence-corrected chi connectivity index (χ3v) is 4.89. The Morgan fingerprint density at radius 2 is 1.88 bits per heavy atom. The van der Waals surface area contributed by atoms with Gasteiger partial charge < -0.3 is 10.6 Å². The fraction of sp³-hybridized carbons (Fsp3) is 0.500. The lowest BCUT2D eigenvalue weighted by Gasteiger charge is -2.14. The molecule has 3 rings (SSSR count). The Bertz CT molecular complexity index is 644. The van der Waals surface area contributed by atoms with E-state index in [0.717, 1.165) is 36.9 Å². The third-order valence-electron chi connectivity index (χ3n) is 4.89. The molecule has 2 saturated carbocycles. The number of nitrogens with one attached hydrogen (secondary N) is 2. The van der Waals surface area contributed by atoms with Gasteiger partial charge in [0.15, 0.2) is 0 Å². The molecule has 128 valence electrons. The number of carbonyl (C=O) groups is 2. The molecule has 0 aliphatic heterocycles. The van der Waals surface area contributed by atoms with Gasteiger partial charge in [-0.2, -0.15) is 0 Å². The van der Waals surface area contributed by atoms with E-state index in [0.29, 0.717) is 5.92 Å². The predicted molar refractivity (Wildman–Crippen MR) is 95.5 cm³/mol. The van der Waals surface area contributed by atoms with Gasteiger partial charge in [-0.15, -0.1) is 0 Å². The molecule has 4 nitrogen and oxygen atoms in total. The maximum absolute atomic E-state index is 12.1. The van der Waals surface area contributed by atoms with Gasteiger partial charge in [-0.05, 0) is 62.6 Å². The molecular formula is C20H26N2O2. The van der Waals surface area contributed by atoms with Crippen LogP contribution in [0.15, 0.2) is 35.9 Å². The minimum atomic E-state index is -0.0543. The number of anilines is 1. The van der Waals surface area contributed by atoms with Crippen molar-refractivity contribution in [1.29, 1.82) is 0 Å². The minimum Gasteiger partial charge on any atom is -0.346 e. The summed E-state index contributed by atoms with van der Waals surface area (Å²) in [6.45, 7) is 4.20. The van der Waals surface area contributed by atoms with E-state index >= 15 is 0 Å². The van der Waals surface area contributed by atoms with Crippen LogP contribution >= 0.6 is 0 Å². The summed E-state index contributed by atoms with van der Waals surface area (Å²) < 4.78 is 0. The van der Waals surface area contributed by atoms with E-state index in [2.05, 4.69) is 17.6 Å². The topological polar surface area (TPSA) is 58.2 Å². The molecule has 0 heterocycles. The van der Waals surface area contributed by atoms with Gasteiger partial charge in [-0.3, -0.25) is 9.59 Å². The van der Waals surface area contributed by atoms with E-state index in [1.807, 2.05) is 31.2 Å². The van der Waals surface area contributed by atoms with E-state index in [-0.39, 0.29) is 23.8 Å². The monoisotopic (exact) mass is 326 g/mol. The molecule has 0 bridgehead atoms. The SMILES string of the molecule is CC1CC/C(=C/C(=O)NC(C)c2ccc(NC(=O)C3CC3)cc2)C1. The highest BCUT2D eigenvalue weighted by Crippen LogP contribution is 2.30. The summed E-state index contributed by atoms with van der Waals surface area (Å²) in [5.41, 5.74) is 3.10. The number of allylic oxidation sites excluding steroid dienone is 1. The van der Waals surface area contributed by atoms with Crippen LogP contribution in [0.5, 0.6) is 0 Å². The summed E-state index contributed by atoms with van der Waals surface area (Å²) in [6, 6.07) is 7.66. The molecule has 1 aromatic rings. The number of rotatable bonds is 5. The van der Waals surface area contributed by atoms with Crippen molar-refractivity contribution in [3.8, 4) is 0 Å². The summed E-state index contributed by atoms with van der Waals surface area (Å²) in [5, 5.41) is 5.95. The first-order valence-corrected chi connectivity index (χ1v) is 8.92. The zero-order valence-electron chi connectivity index (χ0n) is 14.5. The molecule has 2 fully saturated rings. The Labute approximate surface area is 143 Å². The molecule has 2 atom stereocenters. The van der Waals surface area contributed by atoms with E-state index in [1.165, 1.54) is 12.0 Å². The zero-order chi connectivity index (χ0) is 17.1. The summed E-state index contributed by atoms with van der Waals surface area (Å²) >= 11 is 0. The second-order valence-corrected chi connectivity index (χ2v) is 7.27. The molecule has 1 aromatic carbocycles. The second kappa shape index (κ2) is 7.20. The number of carbonyl (C=O) groups excluding carboxylic acids is 2. The molecule has 2 aliphatic rings. The third kappa shape index (κ3) is 4.47. The maximum atomic E-state index is 12.1. The van der Waals surface area contributed by atoms with Gasteiger partial charge >= 0.3 is 0 Å². The van der Waals surface area contributed by atoms with Crippen LogP contribution in [0.4, 0.5) is 5.69 Å². The number of amides is 2. The first kappa shape index (κ1) is 16.7. The molecule has 2 unspecified atom stereocenters. The highest BCUT2D eigenvalue weighted by Gasteiger charge is 2.29. The molecule has 2 aliphatic carbocycles. The van der Waals surface area contributed by atoms with Gasteiger partial charge in [0.05, 0.1) is 6.04 Å². The van der Waals surface area contributed by atoms with Crippen LogP contribution in [0.1, 0.15) is 57.6 Å². The summed E-state index contributed by atoms with van der Waals surface area (Å²) in [7, 11) is 0. The Morgan fingerprint density at radius 1 is 1.17 bits per heavy atom. The van der Waals surface area contributed by atoms with Gasteiger partial charge in [-0.25, -0.2) is 0 Å². The van der Waals surface area contributed by atoms with Crippen molar-refractivity contribution in [2.75, 3.05) is 5.32 Å². The zero-order valence-corrected chi connectivity index (χ0v) is 14.5. The fourth-order valence-corrected chi connectivity index (χ4v) is 3.18. The molecule has 4 heteroatoms. The van der Waals surface area contributed by atoms with E-state index in [9.17, 15) is 9.59 Å². The lowest BCUT2D eigenvalue weighted by Crippen LogP contribution is -2.25. The normalized spacial score (nSPS) is 23.1. The molecule has 2 N–H and O–H groups in total. The molecule has 24 heavy (non-hydrogen) atoms. The van der Waals surface area contributed by atoms with Crippen LogP contribution in [0.25, 0.3) is 0 Å². The molecule has 2 amide bonds. The fourth-order valence-electron chi connectivity index (χ4n) is 3.18. The Hall–Kier alpha value is -2.10. The molecule has 0 aromatic heterocycles. The Balaban J connectivity index is 1.53. The van der Waals surface area contributed by atoms with Gasteiger partial charge in [0.25, 0.3) is 0 Å². The number of benzene rings is 1. The minimum absolute atomic E-state index is 0.0160. The van der Waals surface area contributed by atoms with Crippen LogP contribution in [0.3, 0.4) is 0 Å². The Kier molecular flexibility index (Phi) is 5.03. The smallest absolute Gasteiger partial charge is 0.244 e. The lowest BCUT2D eigenvalue weighted by molar-refractivity contribution is -0.118. The summed E-state index contributed by atoms with van der Waals surface area (Å²) in [4.78, 5) is 23.9.